The fourth-order valence-electron chi connectivity index (χ4n) is 1.56. The smallest absolute Gasteiger partial charge is 0.133 e. The summed E-state index contributed by atoms with van der Waals surface area (Å²) < 4.78 is 11.7. The molecule has 0 aliphatic carbocycles. The molecule has 0 heterocycles. The van der Waals surface area contributed by atoms with Crippen LogP contribution in [-0.4, -0.2) is 38.1 Å². The molecule has 108 valence electrons. The van der Waals surface area contributed by atoms with E-state index in [0.29, 0.717) is 19.8 Å². The van der Waals surface area contributed by atoms with Crippen molar-refractivity contribution in [3.63, 3.8) is 0 Å². The molecule has 0 aliphatic rings. The highest BCUT2D eigenvalue weighted by Gasteiger charge is 2.02. The average Bonchev–Trinajstić information content (AvgIpc) is 2.41. The van der Waals surface area contributed by atoms with Gasteiger partial charge in [-0.3, -0.25) is 0 Å². The lowest BCUT2D eigenvalue weighted by Gasteiger charge is -2.10. The Bertz CT molecular complexity index is 361. The lowest BCUT2D eigenvalue weighted by Crippen LogP contribution is -2.13. The summed E-state index contributed by atoms with van der Waals surface area (Å²) in [5, 5.41) is 11.9. The molecule has 0 saturated heterocycles. The molecule has 4 nitrogen and oxygen atoms in total. The summed E-state index contributed by atoms with van der Waals surface area (Å²) in [6, 6.07) is 6.07. The van der Waals surface area contributed by atoms with Crippen LogP contribution in [0.5, 0.6) is 5.75 Å². The largest absolute Gasteiger partial charge is 0.490 e. The summed E-state index contributed by atoms with van der Waals surface area (Å²) >= 11 is 3.51. The Kier molecular flexibility index (Phi) is 8.82. The highest BCUT2D eigenvalue weighted by molar-refractivity contribution is 9.10. The van der Waals surface area contributed by atoms with Gasteiger partial charge in [0.15, 0.2) is 0 Å². The molecule has 0 aliphatic heterocycles. The minimum Gasteiger partial charge on any atom is -0.490 e. The van der Waals surface area contributed by atoms with Crippen molar-refractivity contribution < 1.29 is 14.6 Å². The Morgan fingerprint density at radius 3 is 2.79 bits per heavy atom. The summed E-state index contributed by atoms with van der Waals surface area (Å²) in [4.78, 5) is 0. The summed E-state index contributed by atoms with van der Waals surface area (Å²) in [6.45, 7) is 5.40. The first-order valence-corrected chi connectivity index (χ1v) is 7.37. The van der Waals surface area contributed by atoms with Crippen LogP contribution < -0.4 is 10.1 Å². The maximum Gasteiger partial charge on any atom is 0.133 e. The molecule has 0 bridgehead atoms. The van der Waals surface area contributed by atoms with Crippen molar-refractivity contribution in [1.82, 2.24) is 5.32 Å². The van der Waals surface area contributed by atoms with Gasteiger partial charge in [0.05, 0.1) is 24.3 Å². The second-order valence-electron chi connectivity index (χ2n) is 4.13. The van der Waals surface area contributed by atoms with Gasteiger partial charge in [-0.15, -0.1) is 0 Å². The first kappa shape index (κ1) is 16.4. The van der Waals surface area contributed by atoms with E-state index in [1.165, 1.54) is 5.56 Å². The highest BCUT2D eigenvalue weighted by Crippen LogP contribution is 2.25. The molecule has 0 radical (unpaired) electrons. The fraction of sp³-hybridized carbons (Fsp3) is 0.571. The van der Waals surface area contributed by atoms with Crippen molar-refractivity contribution in [3.8, 4) is 5.75 Å². The van der Waals surface area contributed by atoms with Gasteiger partial charge in [-0.05, 0) is 46.6 Å². The van der Waals surface area contributed by atoms with E-state index in [1.807, 2.05) is 6.07 Å². The van der Waals surface area contributed by atoms with Gasteiger partial charge < -0.3 is 19.9 Å². The van der Waals surface area contributed by atoms with Crippen LogP contribution in [0.25, 0.3) is 0 Å². The van der Waals surface area contributed by atoms with E-state index in [0.717, 1.165) is 29.7 Å². The Labute approximate surface area is 123 Å². The summed E-state index contributed by atoms with van der Waals surface area (Å²) in [7, 11) is 0. The van der Waals surface area contributed by atoms with Crippen molar-refractivity contribution >= 4 is 15.9 Å². The van der Waals surface area contributed by atoms with E-state index in [9.17, 15) is 0 Å². The topological polar surface area (TPSA) is 50.7 Å². The number of hydrogen-bond donors (Lipinski definition) is 2. The van der Waals surface area contributed by atoms with Gasteiger partial charge in [0.2, 0.25) is 0 Å². The molecule has 1 aromatic rings. The predicted octanol–water partition coefficient (Wildman–Crippen LogP) is 2.34. The molecule has 1 rings (SSSR count). The molecule has 0 fully saturated rings. The molecule has 0 saturated carbocycles. The van der Waals surface area contributed by atoms with E-state index >= 15 is 0 Å². The van der Waals surface area contributed by atoms with Crippen LogP contribution in [0.2, 0.25) is 0 Å². The summed E-state index contributed by atoms with van der Waals surface area (Å²) in [5.41, 5.74) is 1.23. The second kappa shape index (κ2) is 10.2. The SMILES string of the molecule is CCCNCc1ccc(OCCOCCO)c(Br)c1. The summed E-state index contributed by atoms with van der Waals surface area (Å²) in [5.74, 6) is 0.812. The van der Waals surface area contributed by atoms with Crippen LogP contribution in [-0.2, 0) is 11.3 Å². The van der Waals surface area contributed by atoms with Gasteiger partial charge in [-0.25, -0.2) is 0 Å². The van der Waals surface area contributed by atoms with E-state index in [-0.39, 0.29) is 6.61 Å². The number of hydrogen-bond acceptors (Lipinski definition) is 4. The number of halogens is 1. The van der Waals surface area contributed by atoms with Crippen molar-refractivity contribution in [1.29, 1.82) is 0 Å². The van der Waals surface area contributed by atoms with Crippen LogP contribution in [0.1, 0.15) is 18.9 Å². The maximum absolute atomic E-state index is 8.57. The van der Waals surface area contributed by atoms with Crippen LogP contribution in [0.4, 0.5) is 0 Å². The molecule has 0 aromatic heterocycles. The molecule has 0 atom stereocenters. The van der Waals surface area contributed by atoms with E-state index < -0.39 is 0 Å². The first-order valence-electron chi connectivity index (χ1n) is 6.58. The lowest BCUT2D eigenvalue weighted by molar-refractivity contribution is 0.0703. The number of aliphatic hydroxyl groups is 1. The zero-order valence-electron chi connectivity index (χ0n) is 11.3. The van der Waals surface area contributed by atoms with Crippen molar-refractivity contribution in [3.05, 3.63) is 28.2 Å². The van der Waals surface area contributed by atoms with Crippen LogP contribution in [0.15, 0.2) is 22.7 Å². The maximum atomic E-state index is 8.57. The van der Waals surface area contributed by atoms with Crippen LogP contribution in [0.3, 0.4) is 0 Å². The van der Waals surface area contributed by atoms with Crippen molar-refractivity contribution in [2.24, 2.45) is 0 Å². The average molecular weight is 332 g/mol. The number of rotatable bonds is 10. The Balaban J connectivity index is 2.34. The zero-order chi connectivity index (χ0) is 13.9. The Morgan fingerprint density at radius 1 is 1.26 bits per heavy atom. The minimum absolute atomic E-state index is 0.0448. The number of aliphatic hydroxyl groups excluding tert-OH is 1. The Morgan fingerprint density at radius 2 is 2.11 bits per heavy atom. The summed E-state index contributed by atoms with van der Waals surface area (Å²) in [6.07, 6.45) is 1.14. The third-order valence-corrected chi connectivity index (χ3v) is 3.09. The van der Waals surface area contributed by atoms with Gasteiger partial charge in [-0.2, -0.15) is 0 Å². The standard InChI is InChI=1S/C14H22BrNO3/c1-2-5-16-11-12-3-4-14(13(15)10-12)19-9-8-18-7-6-17/h3-4,10,16-17H,2,5-9,11H2,1H3. The molecular formula is C14H22BrNO3. The van der Waals surface area contributed by atoms with Gasteiger partial charge in [0.1, 0.15) is 12.4 Å². The van der Waals surface area contributed by atoms with Crippen molar-refractivity contribution in [2.45, 2.75) is 19.9 Å². The Hall–Kier alpha value is -0.620. The zero-order valence-corrected chi connectivity index (χ0v) is 12.9. The molecule has 19 heavy (non-hydrogen) atoms. The minimum atomic E-state index is 0.0448. The van der Waals surface area contributed by atoms with Crippen molar-refractivity contribution in [2.75, 3.05) is 33.0 Å². The first-order chi connectivity index (χ1) is 9.27. The number of ether oxygens (including phenoxy) is 2. The van der Waals surface area contributed by atoms with Gasteiger partial charge in [0, 0.05) is 6.54 Å². The molecule has 0 unspecified atom stereocenters. The molecule has 0 amide bonds. The lowest BCUT2D eigenvalue weighted by atomic mass is 10.2. The fourth-order valence-corrected chi connectivity index (χ4v) is 2.10. The van der Waals surface area contributed by atoms with Gasteiger partial charge in [0.25, 0.3) is 0 Å². The van der Waals surface area contributed by atoms with E-state index in [1.54, 1.807) is 0 Å². The molecule has 0 spiro atoms. The monoisotopic (exact) mass is 331 g/mol. The normalized spacial score (nSPS) is 10.7. The molecule has 1 aromatic carbocycles. The third kappa shape index (κ3) is 6.92. The van der Waals surface area contributed by atoms with Crippen LogP contribution in [0, 0.1) is 0 Å². The number of benzene rings is 1. The number of nitrogens with one attached hydrogen (secondary N) is 1. The highest BCUT2D eigenvalue weighted by atomic mass is 79.9. The molecular weight excluding hydrogens is 310 g/mol. The molecule has 2 N–H and O–H groups in total. The second-order valence-corrected chi connectivity index (χ2v) is 4.98. The third-order valence-electron chi connectivity index (χ3n) is 2.47. The quantitative estimate of drug-likeness (QED) is 0.646. The molecule has 5 heteroatoms. The van der Waals surface area contributed by atoms with E-state index in [4.69, 9.17) is 14.6 Å². The van der Waals surface area contributed by atoms with Gasteiger partial charge >= 0.3 is 0 Å². The van der Waals surface area contributed by atoms with Gasteiger partial charge in [-0.1, -0.05) is 13.0 Å². The predicted molar refractivity (Wildman–Crippen MR) is 79.5 cm³/mol. The van der Waals surface area contributed by atoms with Crippen LogP contribution >= 0.6 is 15.9 Å². The van der Waals surface area contributed by atoms with E-state index in [2.05, 4.69) is 40.3 Å².